The molecule has 0 spiro atoms. The molecule has 3 nitrogen and oxygen atoms in total. The second kappa shape index (κ2) is 9.35. The zero-order chi connectivity index (χ0) is 19.3. The molecule has 0 radical (unpaired) electrons. The van der Waals surface area contributed by atoms with Gasteiger partial charge in [0.1, 0.15) is 0 Å². The predicted molar refractivity (Wildman–Crippen MR) is 126 cm³/mol. The standard InChI is InChI=1S/C25H23N3.ClH/c1-28(2)23-15-12-19(13-16-23)11-14-20-7-3-4-8-21(20)17-22-18-26-24-9-5-6-10-25(24)27-22;/h3-16,18H,17H2,1-2H3;1H. The molecule has 0 amide bonds. The van der Waals surface area contributed by atoms with E-state index < -0.39 is 0 Å². The number of hydrogen-bond donors (Lipinski definition) is 0. The van der Waals surface area contributed by atoms with Crippen LogP contribution in [-0.4, -0.2) is 24.1 Å². The maximum Gasteiger partial charge on any atom is 0.0890 e. The van der Waals surface area contributed by atoms with E-state index in [9.17, 15) is 0 Å². The quantitative estimate of drug-likeness (QED) is 0.391. The number of anilines is 1. The van der Waals surface area contributed by atoms with Gasteiger partial charge in [-0.25, -0.2) is 4.98 Å². The van der Waals surface area contributed by atoms with E-state index in [4.69, 9.17) is 4.98 Å². The third-order valence-corrected chi connectivity index (χ3v) is 4.79. The van der Waals surface area contributed by atoms with Crippen LogP contribution in [0.4, 0.5) is 5.69 Å². The Bertz CT molecular complexity index is 1120. The van der Waals surface area contributed by atoms with Crippen molar-refractivity contribution in [2.75, 3.05) is 19.0 Å². The van der Waals surface area contributed by atoms with E-state index in [1.807, 2.05) is 30.5 Å². The largest absolute Gasteiger partial charge is 0.378 e. The van der Waals surface area contributed by atoms with Gasteiger partial charge in [-0.05, 0) is 41.0 Å². The normalized spacial score (nSPS) is 10.8. The summed E-state index contributed by atoms with van der Waals surface area (Å²) >= 11 is 0. The molecule has 0 fully saturated rings. The summed E-state index contributed by atoms with van der Waals surface area (Å²) in [6.07, 6.45) is 6.97. The van der Waals surface area contributed by atoms with E-state index in [1.165, 1.54) is 22.4 Å². The lowest BCUT2D eigenvalue weighted by Crippen LogP contribution is -2.07. The summed E-state index contributed by atoms with van der Waals surface area (Å²) in [5.74, 6) is 0. The van der Waals surface area contributed by atoms with Crippen LogP contribution in [0.25, 0.3) is 23.2 Å². The van der Waals surface area contributed by atoms with Crippen LogP contribution in [0.3, 0.4) is 0 Å². The Kier molecular flexibility index (Phi) is 6.63. The highest BCUT2D eigenvalue weighted by atomic mass is 35.5. The molecule has 29 heavy (non-hydrogen) atoms. The van der Waals surface area contributed by atoms with Gasteiger partial charge in [-0.2, -0.15) is 0 Å². The lowest BCUT2D eigenvalue weighted by molar-refractivity contribution is 1.06. The molecule has 1 aromatic heterocycles. The summed E-state index contributed by atoms with van der Waals surface area (Å²) in [5, 5.41) is 0. The fraction of sp³-hybridized carbons (Fsp3) is 0.120. The molecule has 0 bridgehead atoms. The van der Waals surface area contributed by atoms with Gasteiger partial charge in [0.25, 0.3) is 0 Å². The van der Waals surface area contributed by atoms with Crippen LogP contribution in [0.5, 0.6) is 0 Å². The van der Waals surface area contributed by atoms with Crippen LogP contribution in [-0.2, 0) is 6.42 Å². The topological polar surface area (TPSA) is 29.0 Å². The average Bonchev–Trinajstić information content (AvgIpc) is 2.73. The molecule has 4 heteroatoms. The molecule has 0 unspecified atom stereocenters. The molecule has 0 saturated heterocycles. The first kappa shape index (κ1) is 20.6. The van der Waals surface area contributed by atoms with Crippen LogP contribution >= 0.6 is 12.4 Å². The van der Waals surface area contributed by atoms with Crippen molar-refractivity contribution < 1.29 is 0 Å². The molecule has 0 atom stereocenters. The van der Waals surface area contributed by atoms with Gasteiger partial charge in [0, 0.05) is 32.4 Å². The van der Waals surface area contributed by atoms with Gasteiger partial charge >= 0.3 is 0 Å². The number of para-hydroxylation sites is 2. The van der Waals surface area contributed by atoms with E-state index >= 15 is 0 Å². The van der Waals surface area contributed by atoms with E-state index in [1.54, 1.807) is 0 Å². The number of benzene rings is 3. The van der Waals surface area contributed by atoms with Gasteiger partial charge in [-0.1, -0.05) is 60.7 Å². The van der Waals surface area contributed by atoms with Gasteiger partial charge in [0.05, 0.1) is 16.7 Å². The van der Waals surface area contributed by atoms with Crippen molar-refractivity contribution in [1.82, 2.24) is 9.97 Å². The summed E-state index contributed by atoms with van der Waals surface area (Å²) in [6, 6.07) is 25.0. The van der Waals surface area contributed by atoms with Crippen molar-refractivity contribution in [2.24, 2.45) is 0 Å². The van der Waals surface area contributed by atoms with E-state index in [0.717, 1.165) is 23.1 Å². The number of hydrogen-bond acceptors (Lipinski definition) is 3. The number of nitrogens with zero attached hydrogens (tertiary/aromatic N) is 3. The third kappa shape index (κ3) is 5.01. The molecule has 0 saturated carbocycles. The SMILES string of the molecule is CN(C)c1ccc(C=Cc2ccccc2Cc2cnc3ccccc3n2)cc1.Cl. The fourth-order valence-corrected chi connectivity index (χ4v) is 3.20. The summed E-state index contributed by atoms with van der Waals surface area (Å²) < 4.78 is 0. The maximum absolute atomic E-state index is 4.76. The molecule has 0 aliphatic rings. The van der Waals surface area contributed by atoms with Crippen molar-refractivity contribution in [3.8, 4) is 0 Å². The van der Waals surface area contributed by atoms with Crippen molar-refractivity contribution in [3.63, 3.8) is 0 Å². The highest BCUT2D eigenvalue weighted by Crippen LogP contribution is 2.19. The van der Waals surface area contributed by atoms with Gasteiger partial charge < -0.3 is 4.90 Å². The second-order valence-corrected chi connectivity index (χ2v) is 7.04. The first-order chi connectivity index (χ1) is 13.7. The Morgan fingerprint density at radius 1 is 0.793 bits per heavy atom. The highest BCUT2D eigenvalue weighted by Gasteiger charge is 2.04. The minimum absolute atomic E-state index is 0. The van der Waals surface area contributed by atoms with E-state index in [-0.39, 0.29) is 12.4 Å². The smallest absolute Gasteiger partial charge is 0.0890 e. The lowest BCUT2D eigenvalue weighted by Gasteiger charge is -2.11. The number of rotatable bonds is 5. The Balaban J connectivity index is 0.00000240. The summed E-state index contributed by atoms with van der Waals surface area (Å²) in [4.78, 5) is 11.4. The van der Waals surface area contributed by atoms with Crippen LogP contribution in [0.15, 0.2) is 79.0 Å². The summed E-state index contributed by atoms with van der Waals surface area (Å²) in [7, 11) is 4.10. The Morgan fingerprint density at radius 2 is 1.48 bits per heavy atom. The van der Waals surface area contributed by atoms with Crippen molar-refractivity contribution in [1.29, 1.82) is 0 Å². The minimum atomic E-state index is 0. The zero-order valence-corrected chi connectivity index (χ0v) is 17.4. The van der Waals surface area contributed by atoms with Crippen LogP contribution < -0.4 is 4.90 Å². The maximum atomic E-state index is 4.76. The molecule has 146 valence electrons. The molecule has 0 aliphatic carbocycles. The fourth-order valence-electron chi connectivity index (χ4n) is 3.20. The van der Waals surface area contributed by atoms with Crippen LogP contribution in [0.1, 0.15) is 22.4 Å². The Hall–Kier alpha value is -3.17. The monoisotopic (exact) mass is 401 g/mol. The molecular formula is C25H24ClN3. The minimum Gasteiger partial charge on any atom is -0.378 e. The van der Waals surface area contributed by atoms with Gasteiger partial charge in [-0.3, -0.25) is 4.98 Å². The van der Waals surface area contributed by atoms with Crippen molar-refractivity contribution in [2.45, 2.75) is 6.42 Å². The highest BCUT2D eigenvalue weighted by molar-refractivity contribution is 5.85. The Morgan fingerprint density at radius 3 is 2.24 bits per heavy atom. The average molecular weight is 402 g/mol. The Labute approximate surface area is 178 Å². The molecule has 4 aromatic rings. The molecular weight excluding hydrogens is 378 g/mol. The summed E-state index contributed by atoms with van der Waals surface area (Å²) in [6.45, 7) is 0. The van der Waals surface area contributed by atoms with E-state index in [2.05, 4.69) is 84.7 Å². The lowest BCUT2D eigenvalue weighted by atomic mass is 10.0. The first-order valence-corrected chi connectivity index (χ1v) is 9.43. The van der Waals surface area contributed by atoms with Gasteiger partial charge in [0.15, 0.2) is 0 Å². The number of fused-ring (bicyclic) bond motifs is 1. The molecule has 3 aromatic carbocycles. The number of aromatic nitrogens is 2. The molecule has 1 heterocycles. The molecule has 0 aliphatic heterocycles. The van der Waals surface area contributed by atoms with Crippen LogP contribution in [0.2, 0.25) is 0 Å². The van der Waals surface area contributed by atoms with Gasteiger partial charge in [-0.15, -0.1) is 12.4 Å². The van der Waals surface area contributed by atoms with Crippen molar-refractivity contribution in [3.05, 3.63) is 101 Å². The van der Waals surface area contributed by atoms with Crippen molar-refractivity contribution >= 4 is 41.3 Å². The third-order valence-electron chi connectivity index (χ3n) is 4.79. The molecule has 0 N–H and O–H groups in total. The summed E-state index contributed by atoms with van der Waals surface area (Å²) in [5.41, 5.74) is 7.69. The molecule has 4 rings (SSSR count). The van der Waals surface area contributed by atoms with Gasteiger partial charge in [0.2, 0.25) is 0 Å². The zero-order valence-electron chi connectivity index (χ0n) is 16.6. The first-order valence-electron chi connectivity index (χ1n) is 9.43. The van der Waals surface area contributed by atoms with Crippen LogP contribution in [0, 0.1) is 0 Å². The predicted octanol–water partition coefficient (Wildman–Crippen LogP) is 5.88. The second-order valence-electron chi connectivity index (χ2n) is 7.04. The van der Waals surface area contributed by atoms with E-state index in [0.29, 0.717) is 0 Å². The number of halogens is 1.